The highest BCUT2D eigenvalue weighted by Gasteiger charge is 2.12. The van der Waals surface area contributed by atoms with Crippen molar-refractivity contribution in [3.8, 4) is 11.3 Å². The fourth-order valence-electron chi connectivity index (χ4n) is 1.25. The fourth-order valence-corrected chi connectivity index (χ4v) is 1.85. The first kappa shape index (κ1) is 10.2. The van der Waals surface area contributed by atoms with E-state index in [2.05, 4.69) is 22.6 Å². The van der Waals surface area contributed by atoms with Crippen LogP contribution >= 0.6 is 22.6 Å². The van der Waals surface area contributed by atoms with Gasteiger partial charge in [0.05, 0.1) is 11.2 Å². The van der Waals surface area contributed by atoms with Crippen molar-refractivity contribution < 1.29 is 9.34 Å². The summed E-state index contributed by atoms with van der Waals surface area (Å²) in [7, 11) is 0. The first-order valence-corrected chi connectivity index (χ1v) is 5.24. The molecule has 1 aromatic carbocycles. The molecule has 0 radical (unpaired) electrons. The molecule has 0 aliphatic carbocycles. The average Bonchev–Trinajstić information content (AvgIpc) is 2.71. The lowest BCUT2D eigenvalue weighted by Gasteiger charge is -2.00. The van der Waals surface area contributed by atoms with Gasteiger partial charge in [-0.25, -0.2) is 0 Å². The Bertz CT molecular complexity index is 493. The van der Waals surface area contributed by atoms with Crippen LogP contribution in [0.3, 0.4) is 0 Å². The van der Waals surface area contributed by atoms with E-state index in [1.165, 1.54) is 12.1 Å². The maximum Gasteiger partial charge on any atom is 0.270 e. The molecule has 0 unspecified atom stereocenters. The van der Waals surface area contributed by atoms with Crippen molar-refractivity contribution in [3.05, 3.63) is 50.3 Å². The van der Waals surface area contributed by atoms with Crippen LogP contribution in [0.2, 0.25) is 0 Å². The molecule has 76 valence electrons. The third-order valence-electron chi connectivity index (χ3n) is 1.95. The smallest absolute Gasteiger partial charge is 0.270 e. The van der Waals surface area contributed by atoms with Crippen LogP contribution in [0.1, 0.15) is 0 Å². The van der Waals surface area contributed by atoms with E-state index in [1.54, 1.807) is 24.5 Å². The Labute approximate surface area is 99.2 Å². The number of furan rings is 1. The number of benzene rings is 1. The largest absolute Gasteiger partial charge is 0.464 e. The highest BCUT2D eigenvalue weighted by molar-refractivity contribution is 14.1. The molecule has 4 nitrogen and oxygen atoms in total. The lowest BCUT2D eigenvalue weighted by Crippen LogP contribution is -1.89. The number of rotatable bonds is 2. The molecule has 0 atom stereocenters. The number of nitro groups is 1. The van der Waals surface area contributed by atoms with Crippen LogP contribution in [0.5, 0.6) is 0 Å². The number of nitro benzene ring substituents is 1. The first-order valence-electron chi connectivity index (χ1n) is 4.16. The Morgan fingerprint density at radius 2 is 2.13 bits per heavy atom. The van der Waals surface area contributed by atoms with Gasteiger partial charge in [0.2, 0.25) is 0 Å². The lowest BCUT2D eigenvalue weighted by atomic mass is 10.1. The Balaban J connectivity index is 2.55. The summed E-state index contributed by atoms with van der Waals surface area (Å²) in [5.74, 6) is 0.642. The zero-order valence-corrected chi connectivity index (χ0v) is 9.67. The second-order valence-electron chi connectivity index (χ2n) is 2.90. The van der Waals surface area contributed by atoms with E-state index >= 15 is 0 Å². The molecule has 5 heteroatoms. The van der Waals surface area contributed by atoms with E-state index in [4.69, 9.17) is 4.42 Å². The Morgan fingerprint density at radius 1 is 1.33 bits per heavy atom. The molecular weight excluding hydrogens is 309 g/mol. The summed E-state index contributed by atoms with van der Waals surface area (Å²) in [6.45, 7) is 0. The number of hydrogen-bond donors (Lipinski definition) is 0. The fraction of sp³-hybridized carbons (Fsp3) is 0. The molecule has 1 heterocycles. The summed E-state index contributed by atoms with van der Waals surface area (Å²) in [5.41, 5.74) is 0.816. The van der Waals surface area contributed by atoms with Crippen molar-refractivity contribution in [2.24, 2.45) is 0 Å². The van der Waals surface area contributed by atoms with Gasteiger partial charge in [-0.1, -0.05) is 0 Å². The monoisotopic (exact) mass is 315 g/mol. The molecular formula is C10H6INO3. The quantitative estimate of drug-likeness (QED) is 0.484. The molecule has 0 saturated carbocycles. The van der Waals surface area contributed by atoms with Gasteiger partial charge in [-0.15, -0.1) is 0 Å². The van der Waals surface area contributed by atoms with Gasteiger partial charge in [-0.05, 0) is 40.8 Å². The van der Waals surface area contributed by atoms with E-state index in [-0.39, 0.29) is 5.69 Å². The first-order chi connectivity index (χ1) is 7.18. The molecule has 1 aromatic heterocycles. The average molecular weight is 315 g/mol. The summed E-state index contributed by atoms with van der Waals surface area (Å²) in [6.07, 6.45) is 1.55. The second kappa shape index (κ2) is 4.01. The van der Waals surface area contributed by atoms with Gasteiger partial charge in [-0.3, -0.25) is 10.1 Å². The van der Waals surface area contributed by atoms with Crippen molar-refractivity contribution in [1.82, 2.24) is 0 Å². The van der Waals surface area contributed by atoms with E-state index in [9.17, 15) is 10.1 Å². The third kappa shape index (κ3) is 2.01. The molecule has 0 bridgehead atoms. The zero-order valence-electron chi connectivity index (χ0n) is 7.51. The summed E-state index contributed by atoms with van der Waals surface area (Å²) in [6, 6.07) is 8.23. The van der Waals surface area contributed by atoms with Crippen molar-refractivity contribution in [2.45, 2.75) is 0 Å². The Hall–Kier alpha value is -1.37. The zero-order chi connectivity index (χ0) is 10.8. The Kier molecular flexibility index (Phi) is 2.72. The summed E-state index contributed by atoms with van der Waals surface area (Å²) < 4.78 is 6.13. The summed E-state index contributed by atoms with van der Waals surface area (Å²) >= 11 is 2.12. The van der Waals surface area contributed by atoms with Crippen molar-refractivity contribution >= 4 is 28.3 Å². The van der Waals surface area contributed by atoms with Crippen LogP contribution in [0.4, 0.5) is 5.69 Å². The van der Waals surface area contributed by atoms with Gasteiger partial charge in [0.15, 0.2) is 0 Å². The predicted octanol–water partition coefficient (Wildman–Crippen LogP) is 3.46. The topological polar surface area (TPSA) is 56.3 Å². The molecule has 2 rings (SSSR count). The molecule has 0 N–H and O–H groups in total. The van der Waals surface area contributed by atoms with Gasteiger partial charge in [0, 0.05) is 21.3 Å². The normalized spacial score (nSPS) is 10.2. The number of non-ortho nitro benzene ring substituents is 1. The molecule has 0 amide bonds. The predicted molar refractivity (Wildman–Crippen MR) is 63.5 cm³/mol. The number of nitrogens with zero attached hydrogens (tertiary/aromatic N) is 1. The SMILES string of the molecule is O=[N+]([O-])c1ccc(I)c(-c2ccco2)c1. The van der Waals surface area contributed by atoms with E-state index in [0.29, 0.717) is 5.76 Å². The van der Waals surface area contributed by atoms with Crippen LogP contribution in [0, 0.1) is 13.7 Å². The van der Waals surface area contributed by atoms with Gasteiger partial charge in [0.25, 0.3) is 5.69 Å². The highest BCUT2D eigenvalue weighted by Crippen LogP contribution is 2.29. The molecule has 0 aliphatic rings. The maximum absolute atomic E-state index is 10.6. The lowest BCUT2D eigenvalue weighted by molar-refractivity contribution is -0.384. The van der Waals surface area contributed by atoms with Gasteiger partial charge in [-0.2, -0.15) is 0 Å². The van der Waals surface area contributed by atoms with Gasteiger partial charge < -0.3 is 4.42 Å². The molecule has 0 aliphatic heterocycles. The highest BCUT2D eigenvalue weighted by atomic mass is 127. The molecule has 2 aromatic rings. The molecule has 0 spiro atoms. The van der Waals surface area contributed by atoms with E-state index in [0.717, 1.165) is 9.13 Å². The van der Waals surface area contributed by atoms with Crippen LogP contribution in [-0.4, -0.2) is 4.92 Å². The van der Waals surface area contributed by atoms with Crippen LogP contribution in [0.15, 0.2) is 41.0 Å². The van der Waals surface area contributed by atoms with Crippen LogP contribution in [0.25, 0.3) is 11.3 Å². The molecule has 0 saturated heterocycles. The number of halogens is 1. The standard InChI is InChI=1S/C10H6INO3/c11-9-4-3-7(12(13)14)6-8(9)10-2-1-5-15-10/h1-6H. The molecule has 0 fully saturated rings. The summed E-state index contributed by atoms with van der Waals surface area (Å²) in [5, 5.41) is 10.6. The van der Waals surface area contributed by atoms with E-state index in [1.807, 2.05) is 0 Å². The summed E-state index contributed by atoms with van der Waals surface area (Å²) in [4.78, 5) is 10.2. The van der Waals surface area contributed by atoms with Gasteiger partial charge >= 0.3 is 0 Å². The van der Waals surface area contributed by atoms with Crippen molar-refractivity contribution in [2.75, 3.05) is 0 Å². The third-order valence-corrected chi connectivity index (χ3v) is 2.89. The van der Waals surface area contributed by atoms with Crippen LogP contribution < -0.4 is 0 Å². The second-order valence-corrected chi connectivity index (χ2v) is 4.06. The van der Waals surface area contributed by atoms with E-state index < -0.39 is 4.92 Å². The van der Waals surface area contributed by atoms with Gasteiger partial charge in [0.1, 0.15) is 5.76 Å². The molecule has 15 heavy (non-hydrogen) atoms. The minimum Gasteiger partial charge on any atom is -0.464 e. The van der Waals surface area contributed by atoms with Crippen molar-refractivity contribution in [3.63, 3.8) is 0 Å². The van der Waals surface area contributed by atoms with Crippen molar-refractivity contribution in [1.29, 1.82) is 0 Å². The minimum absolute atomic E-state index is 0.0711. The maximum atomic E-state index is 10.6. The minimum atomic E-state index is -0.414. The number of hydrogen-bond acceptors (Lipinski definition) is 3. The Morgan fingerprint density at radius 3 is 2.73 bits per heavy atom. The van der Waals surface area contributed by atoms with Crippen LogP contribution in [-0.2, 0) is 0 Å².